The molecule has 2 aromatic carbocycles. The highest BCUT2D eigenvalue weighted by Gasteiger charge is 2.15. The fourth-order valence-corrected chi connectivity index (χ4v) is 2.84. The standard InChI is InChI=1S/C22H23NO4/c1-15-11-17(26-14-16-7-5-4-6-8-16)12-21-18(15)13-19(22(25)27-21)20(24)9-10-23(2)3/h4-8,11-13H,9-10,14H2,1-3H3. The molecule has 0 spiro atoms. The molecule has 5 heteroatoms. The molecule has 140 valence electrons. The Hall–Kier alpha value is -2.92. The van der Waals surface area contributed by atoms with Crippen molar-refractivity contribution in [3.63, 3.8) is 0 Å². The normalized spacial score (nSPS) is 11.1. The topological polar surface area (TPSA) is 59.8 Å². The molecule has 0 atom stereocenters. The summed E-state index contributed by atoms with van der Waals surface area (Å²) in [5.74, 6) is 0.418. The Morgan fingerprint density at radius 2 is 1.85 bits per heavy atom. The number of carbonyl (C=O) groups is 1. The monoisotopic (exact) mass is 365 g/mol. The van der Waals surface area contributed by atoms with Crippen molar-refractivity contribution in [2.24, 2.45) is 0 Å². The minimum absolute atomic E-state index is 0.102. The summed E-state index contributed by atoms with van der Waals surface area (Å²) in [5, 5.41) is 0.745. The van der Waals surface area contributed by atoms with E-state index in [2.05, 4.69) is 0 Å². The van der Waals surface area contributed by atoms with Crippen LogP contribution in [0, 0.1) is 6.92 Å². The Morgan fingerprint density at radius 3 is 2.56 bits per heavy atom. The van der Waals surface area contributed by atoms with Gasteiger partial charge in [0.25, 0.3) is 0 Å². The summed E-state index contributed by atoms with van der Waals surface area (Å²) < 4.78 is 11.3. The van der Waals surface area contributed by atoms with E-state index in [-0.39, 0.29) is 17.8 Å². The van der Waals surface area contributed by atoms with E-state index in [1.165, 1.54) is 0 Å². The minimum atomic E-state index is -0.606. The first kappa shape index (κ1) is 18.9. The van der Waals surface area contributed by atoms with Crippen molar-refractivity contribution in [2.45, 2.75) is 20.0 Å². The number of rotatable bonds is 7. The van der Waals surface area contributed by atoms with Gasteiger partial charge in [0.2, 0.25) is 0 Å². The fraction of sp³-hybridized carbons (Fsp3) is 0.273. The summed E-state index contributed by atoms with van der Waals surface area (Å²) in [7, 11) is 3.77. The van der Waals surface area contributed by atoms with Crippen LogP contribution >= 0.6 is 0 Å². The lowest BCUT2D eigenvalue weighted by molar-refractivity contribution is 0.0969. The molecule has 3 rings (SSSR count). The summed E-state index contributed by atoms with van der Waals surface area (Å²) in [5.41, 5.74) is 1.86. The Kier molecular flexibility index (Phi) is 5.72. The van der Waals surface area contributed by atoms with Gasteiger partial charge in [0, 0.05) is 24.4 Å². The zero-order valence-corrected chi connectivity index (χ0v) is 15.8. The summed E-state index contributed by atoms with van der Waals surface area (Å²) in [6.45, 7) is 2.92. The molecule has 1 aromatic heterocycles. The average molecular weight is 365 g/mol. The van der Waals surface area contributed by atoms with E-state index in [9.17, 15) is 9.59 Å². The largest absolute Gasteiger partial charge is 0.489 e. The van der Waals surface area contributed by atoms with Crippen molar-refractivity contribution < 1.29 is 13.9 Å². The van der Waals surface area contributed by atoms with Gasteiger partial charge in [0.05, 0.1) is 0 Å². The third-order valence-corrected chi connectivity index (χ3v) is 4.37. The smallest absolute Gasteiger partial charge is 0.347 e. The third kappa shape index (κ3) is 4.63. The van der Waals surface area contributed by atoms with Crippen molar-refractivity contribution in [3.8, 4) is 5.75 Å². The van der Waals surface area contributed by atoms with Crippen LogP contribution in [0.5, 0.6) is 5.75 Å². The number of hydrogen-bond acceptors (Lipinski definition) is 5. The lowest BCUT2D eigenvalue weighted by Crippen LogP contribution is -2.20. The van der Waals surface area contributed by atoms with Crippen LogP contribution in [-0.2, 0) is 6.61 Å². The maximum atomic E-state index is 12.3. The maximum Gasteiger partial charge on any atom is 0.347 e. The molecule has 0 fully saturated rings. The van der Waals surface area contributed by atoms with Crippen LogP contribution in [0.25, 0.3) is 11.0 Å². The average Bonchev–Trinajstić information content (AvgIpc) is 2.64. The van der Waals surface area contributed by atoms with E-state index >= 15 is 0 Å². The van der Waals surface area contributed by atoms with Crippen LogP contribution in [-0.4, -0.2) is 31.3 Å². The van der Waals surface area contributed by atoms with Crippen molar-refractivity contribution in [2.75, 3.05) is 20.6 Å². The summed E-state index contributed by atoms with van der Waals surface area (Å²) >= 11 is 0. The van der Waals surface area contributed by atoms with Gasteiger partial charge in [-0.25, -0.2) is 4.79 Å². The molecule has 0 amide bonds. The summed E-state index contributed by atoms with van der Waals surface area (Å²) in [4.78, 5) is 26.5. The predicted octanol–water partition coefficient (Wildman–Crippen LogP) is 3.81. The molecule has 0 aliphatic heterocycles. The summed E-state index contributed by atoms with van der Waals surface area (Å²) in [6.07, 6.45) is 0.278. The Morgan fingerprint density at radius 1 is 1.11 bits per heavy atom. The second kappa shape index (κ2) is 8.18. The van der Waals surface area contributed by atoms with Crippen molar-refractivity contribution >= 4 is 16.8 Å². The van der Waals surface area contributed by atoms with Crippen LogP contribution in [0.2, 0.25) is 0 Å². The van der Waals surface area contributed by atoms with Gasteiger partial charge in [-0.15, -0.1) is 0 Å². The quantitative estimate of drug-likeness (QED) is 0.471. The molecule has 27 heavy (non-hydrogen) atoms. The minimum Gasteiger partial charge on any atom is -0.489 e. The second-order valence-electron chi connectivity index (χ2n) is 6.85. The predicted molar refractivity (Wildman–Crippen MR) is 105 cm³/mol. The maximum absolute atomic E-state index is 12.3. The van der Waals surface area contributed by atoms with Crippen molar-refractivity contribution in [1.82, 2.24) is 4.90 Å². The molecule has 0 saturated carbocycles. The molecule has 0 bridgehead atoms. The highest BCUT2D eigenvalue weighted by Crippen LogP contribution is 2.25. The number of hydrogen-bond donors (Lipinski definition) is 0. The molecule has 0 radical (unpaired) electrons. The highest BCUT2D eigenvalue weighted by molar-refractivity contribution is 5.98. The van der Waals surface area contributed by atoms with Gasteiger partial charge in [-0.3, -0.25) is 4.79 Å². The van der Waals surface area contributed by atoms with Crippen molar-refractivity contribution in [1.29, 1.82) is 0 Å². The van der Waals surface area contributed by atoms with Gasteiger partial charge in [-0.05, 0) is 44.3 Å². The molecular formula is C22H23NO4. The third-order valence-electron chi connectivity index (χ3n) is 4.37. The SMILES string of the molecule is Cc1cc(OCc2ccccc2)cc2oc(=O)c(C(=O)CCN(C)C)cc12. The van der Waals surface area contributed by atoms with Gasteiger partial charge in [-0.1, -0.05) is 30.3 Å². The van der Waals surface area contributed by atoms with Gasteiger partial charge < -0.3 is 14.1 Å². The van der Waals surface area contributed by atoms with E-state index < -0.39 is 5.63 Å². The van der Waals surface area contributed by atoms with E-state index in [0.717, 1.165) is 16.5 Å². The summed E-state index contributed by atoms with van der Waals surface area (Å²) in [6, 6.07) is 15.1. The molecule has 0 N–H and O–H groups in total. The zero-order valence-electron chi connectivity index (χ0n) is 15.8. The fourth-order valence-electron chi connectivity index (χ4n) is 2.84. The van der Waals surface area contributed by atoms with Crippen LogP contribution in [0.3, 0.4) is 0 Å². The number of fused-ring (bicyclic) bond motifs is 1. The molecule has 0 saturated heterocycles. The first-order chi connectivity index (χ1) is 12.9. The first-order valence-corrected chi connectivity index (χ1v) is 8.87. The van der Waals surface area contributed by atoms with Gasteiger partial charge >= 0.3 is 5.63 Å². The van der Waals surface area contributed by atoms with E-state index in [0.29, 0.717) is 24.5 Å². The van der Waals surface area contributed by atoms with E-state index in [1.807, 2.05) is 62.3 Å². The molecule has 1 heterocycles. The lowest BCUT2D eigenvalue weighted by atomic mass is 10.0. The van der Waals surface area contributed by atoms with Crippen LogP contribution < -0.4 is 10.4 Å². The molecule has 3 aromatic rings. The highest BCUT2D eigenvalue weighted by atomic mass is 16.5. The molecule has 0 aliphatic rings. The number of ketones is 1. The number of benzene rings is 2. The zero-order chi connectivity index (χ0) is 19.4. The van der Waals surface area contributed by atoms with Crippen molar-refractivity contribution in [3.05, 3.63) is 75.6 Å². The van der Waals surface area contributed by atoms with Gasteiger partial charge in [0.1, 0.15) is 23.5 Å². The Balaban J connectivity index is 1.86. The number of carbonyl (C=O) groups excluding carboxylic acids is 1. The lowest BCUT2D eigenvalue weighted by Gasteiger charge is -2.10. The second-order valence-corrected chi connectivity index (χ2v) is 6.85. The first-order valence-electron chi connectivity index (χ1n) is 8.87. The van der Waals surface area contributed by atoms with Crippen LogP contribution in [0.4, 0.5) is 0 Å². The van der Waals surface area contributed by atoms with Gasteiger partial charge in [0.15, 0.2) is 5.78 Å². The Bertz CT molecular complexity index is 1010. The molecule has 0 unspecified atom stereocenters. The Labute approximate surface area is 158 Å². The van der Waals surface area contributed by atoms with Crippen LogP contribution in [0.1, 0.15) is 27.9 Å². The number of nitrogens with zero attached hydrogens (tertiary/aromatic N) is 1. The van der Waals surface area contributed by atoms with Crippen LogP contribution in [0.15, 0.2) is 57.7 Å². The molecule has 5 nitrogen and oxygen atoms in total. The number of Topliss-reactive ketones (excluding diaryl/α,β-unsaturated/α-hetero) is 1. The number of ether oxygens (including phenoxy) is 1. The number of aryl methyl sites for hydroxylation is 1. The molecular weight excluding hydrogens is 342 g/mol. The van der Waals surface area contributed by atoms with Gasteiger partial charge in [-0.2, -0.15) is 0 Å². The van der Waals surface area contributed by atoms with E-state index in [1.54, 1.807) is 12.1 Å². The van der Waals surface area contributed by atoms with E-state index in [4.69, 9.17) is 9.15 Å². The molecule has 0 aliphatic carbocycles.